The molecule has 48 heteroatoms. The molecular formula is C24H80N36P12. The van der Waals surface area contributed by atoms with Gasteiger partial charge in [-0.05, 0) is 169 Å². The molecule has 36 nitrogen and oxygen atoms in total. The van der Waals surface area contributed by atoms with E-state index < -0.39 is 95.6 Å². The molecule has 0 fully saturated rings. The van der Waals surface area contributed by atoms with Gasteiger partial charge in [-0.2, -0.15) is 55.7 Å². The molecule has 0 saturated heterocycles. The Bertz CT molecular complexity index is 2230. The molecule has 0 saturated carbocycles. The summed E-state index contributed by atoms with van der Waals surface area (Å²) in [6.45, 7) is 0. The zero-order chi connectivity index (χ0) is 55.9. The van der Waals surface area contributed by atoms with E-state index in [2.05, 4.69) is 39.1 Å². The van der Waals surface area contributed by atoms with Crippen LogP contribution in [0, 0.1) is 22.1 Å². The van der Waals surface area contributed by atoms with Gasteiger partial charge >= 0.3 is 30.0 Å². The minimum absolute atomic E-state index is 0.754. The second kappa shape index (κ2) is 29.7. The Labute approximate surface area is 435 Å². The fraction of sp³-hybridized carbons (Fsp3) is 1.00. The molecule has 1 rings (SSSR count). The highest BCUT2D eigenvalue weighted by molar-refractivity contribution is 7.90. The zero-order valence-electron chi connectivity index (χ0n) is 45.9. The Morgan fingerprint density at radius 1 is 0.264 bits per heavy atom. The van der Waals surface area contributed by atoms with E-state index >= 15 is 0 Å². The second-order valence-electron chi connectivity index (χ2n) is 16.8. The lowest BCUT2D eigenvalue weighted by molar-refractivity contribution is 0.474. The minimum atomic E-state index is -4.52. The Kier molecular flexibility index (Phi) is 28.9. The number of nitrogens with one attached hydrogen (secondary N) is 4. The first kappa shape index (κ1) is 69.9. The van der Waals surface area contributed by atoms with E-state index in [4.69, 9.17) is 77.8 Å². The van der Waals surface area contributed by atoms with Crippen molar-refractivity contribution in [2.75, 3.05) is 169 Å². The lowest BCUT2D eigenvalue weighted by atomic mass is 11.2. The lowest BCUT2D eigenvalue weighted by Gasteiger charge is -2.44. The van der Waals surface area contributed by atoms with Gasteiger partial charge in [-0.25, -0.2) is 22.1 Å². The fourth-order valence-corrected chi connectivity index (χ4v) is 44.2. The van der Waals surface area contributed by atoms with Gasteiger partial charge in [0.1, 0.15) is 0 Å². The summed E-state index contributed by atoms with van der Waals surface area (Å²) in [4.78, 5) is 51.1. The van der Waals surface area contributed by atoms with Crippen molar-refractivity contribution in [2.24, 2.45) is 94.7 Å². The van der Waals surface area contributed by atoms with Crippen LogP contribution in [0.25, 0.3) is 0 Å². The minimum Gasteiger partial charge on any atom is -0.252 e. The predicted molar refractivity (Wildman–Crippen MR) is 312 cm³/mol. The van der Waals surface area contributed by atoms with Crippen molar-refractivity contribution in [3.05, 3.63) is 0 Å². The van der Waals surface area contributed by atoms with Crippen molar-refractivity contribution < 1.29 is 0 Å². The normalized spacial score (nSPS) is 22.5. The molecule has 0 bridgehead atoms. The summed E-state index contributed by atoms with van der Waals surface area (Å²) in [6, 6.07) is 0. The van der Waals surface area contributed by atoms with Gasteiger partial charge in [0.25, 0.3) is 0 Å². The quantitative estimate of drug-likeness (QED) is 0.0419. The molecule has 72 heavy (non-hydrogen) atoms. The molecule has 0 aromatic carbocycles. The van der Waals surface area contributed by atoms with Crippen LogP contribution in [-0.2, 0) is 0 Å². The van der Waals surface area contributed by atoms with Gasteiger partial charge in [-0.1, -0.05) is 0 Å². The van der Waals surface area contributed by atoms with Crippen molar-refractivity contribution in [1.82, 2.24) is 56.0 Å². The molecule has 416 valence electrons. The third kappa shape index (κ3) is 16.0. The van der Waals surface area contributed by atoms with Crippen LogP contribution in [0.4, 0.5) is 0 Å². The first-order valence-corrected chi connectivity index (χ1v) is 37.0. The van der Waals surface area contributed by atoms with E-state index in [1.807, 2.05) is 225 Å². The summed E-state index contributed by atoms with van der Waals surface area (Å²) < 4.78 is 70.1. The second-order valence-corrected chi connectivity index (χ2v) is 43.9. The Morgan fingerprint density at radius 3 is 0.611 bits per heavy atom. The first-order valence-electron chi connectivity index (χ1n) is 20.6. The standard InChI is InChI=1S/C24H80N36P12/c1-49(2)69(50(3)4,51(5)6)45-66(39-35-63-31-27)41-65(37-33-61-29-25,38-34-62-30-26)42-67(40-36-64-32-28,46-70(52(7)8,53(9)10)54(11)12)44-68(43-66,47-71(55(13)14,56(15)16)57(17)18)48-72(58(19)20,59(21)22)60(23)24/h25-28,61-64H,1-24H3. The largest absolute Gasteiger partial charge is 0.348 e. The van der Waals surface area contributed by atoms with E-state index in [-0.39, 0.29) is 0 Å². The summed E-state index contributed by atoms with van der Waals surface area (Å²) in [5.74, 6) is 0. The van der Waals surface area contributed by atoms with Gasteiger partial charge in [0.2, 0.25) is 0 Å². The van der Waals surface area contributed by atoms with Gasteiger partial charge in [-0.3, -0.25) is 56.0 Å². The van der Waals surface area contributed by atoms with Crippen molar-refractivity contribution in [3.8, 4) is 0 Å². The topological polar surface area (TPSA) is 381 Å². The van der Waals surface area contributed by atoms with E-state index in [1.165, 1.54) is 0 Å². The maximum atomic E-state index is 7.89. The zero-order valence-corrected chi connectivity index (χ0v) is 57.0. The third-order valence-electron chi connectivity index (χ3n) is 9.40. The van der Waals surface area contributed by atoms with Crippen LogP contribution in [0.2, 0.25) is 0 Å². The summed E-state index contributed by atoms with van der Waals surface area (Å²) >= 11 is 0. The van der Waals surface area contributed by atoms with Crippen LogP contribution < -0.4 is 0 Å². The molecule has 0 aliphatic carbocycles. The van der Waals surface area contributed by atoms with E-state index in [0.717, 1.165) is 0 Å². The molecule has 6 atom stereocenters. The Hall–Kier alpha value is -0.120. The van der Waals surface area contributed by atoms with Crippen LogP contribution >= 0.6 is 95.6 Å². The van der Waals surface area contributed by atoms with E-state index in [0.29, 0.717) is 0 Å². The summed E-state index contributed by atoms with van der Waals surface area (Å²) in [7, 11) is 11.5. The number of nitrogens with zero attached hydrogens (tertiary/aromatic N) is 32. The van der Waals surface area contributed by atoms with Gasteiger partial charge in [-0.15, -0.1) is 39.1 Å². The van der Waals surface area contributed by atoms with Crippen LogP contribution in [0.1, 0.15) is 0 Å². The van der Waals surface area contributed by atoms with Crippen LogP contribution in [-0.4, -0.2) is 225 Å². The number of rotatable bonds is 28. The van der Waals surface area contributed by atoms with Crippen molar-refractivity contribution in [2.45, 2.75) is 0 Å². The van der Waals surface area contributed by atoms with E-state index in [9.17, 15) is 0 Å². The van der Waals surface area contributed by atoms with Crippen LogP contribution in [0.15, 0.2) is 94.7 Å². The average Bonchev–Trinajstić information content (AvgIpc) is 3.24. The number of hydrogen-bond acceptors (Lipinski definition) is 24. The molecule has 1 heterocycles. The average molecular weight is 1240 g/mol. The highest BCUT2D eigenvalue weighted by Gasteiger charge is 2.48. The molecule has 1 aliphatic rings. The molecule has 6 unspecified atom stereocenters. The molecule has 0 radical (unpaired) electrons. The lowest BCUT2D eigenvalue weighted by Crippen LogP contribution is -2.31. The first-order chi connectivity index (χ1) is 33.2. The van der Waals surface area contributed by atoms with E-state index in [1.54, 1.807) is 0 Å². The molecule has 1 aliphatic heterocycles. The van der Waals surface area contributed by atoms with Crippen LogP contribution in [0.5, 0.6) is 0 Å². The molecular weight excluding hydrogens is 1160 g/mol. The predicted octanol–water partition coefficient (Wildman–Crippen LogP) is 14.3. The summed E-state index contributed by atoms with van der Waals surface area (Å²) in [5.41, 5.74) is 31.3. The van der Waals surface area contributed by atoms with Gasteiger partial charge in [0, 0.05) is 0 Å². The highest BCUT2D eigenvalue weighted by atomic mass is 31.3. The highest BCUT2D eigenvalue weighted by Crippen LogP contribution is 2.89. The number of hydrogen-bond donors (Lipinski definition) is 4. The van der Waals surface area contributed by atoms with Gasteiger partial charge < -0.3 is 0 Å². The SMILES string of the molecule is CN(C)P(=NP1(N=NPN=N)=NP(N=NPN=N)(N=NPN=N)=NP(N=NPN=N)(N=P(N(C)C)(N(C)C)N(C)C)=NP(N=P(N(C)C)(N(C)C)N(C)C)(N=P(N(C)C)(N(C)C)N(C)C)=N1)(N(C)C)N(C)C. The van der Waals surface area contributed by atoms with Crippen molar-refractivity contribution in [3.63, 3.8) is 0 Å². The maximum Gasteiger partial charge on any atom is 0.348 e. The molecule has 0 amide bonds. The van der Waals surface area contributed by atoms with Gasteiger partial charge in [0.15, 0.2) is 65.6 Å². The molecule has 0 aromatic heterocycles. The third-order valence-corrected chi connectivity index (χ3v) is 40.8. The Balaban J connectivity index is 6.75. The smallest absolute Gasteiger partial charge is 0.252 e. The maximum absolute atomic E-state index is 7.89. The summed E-state index contributed by atoms with van der Waals surface area (Å²) in [6.07, 6.45) is 0. The monoisotopic (exact) mass is 1240 g/mol. The van der Waals surface area contributed by atoms with Crippen molar-refractivity contribution in [1.29, 1.82) is 22.1 Å². The molecule has 4 N–H and O–H groups in total. The fourth-order valence-electron chi connectivity index (χ4n) is 7.38. The van der Waals surface area contributed by atoms with Crippen molar-refractivity contribution >= 4 is 95.6 Å². The molecule has 0 aromatic rings. The summed E-state index contributed by atoms with van der Waals surface area (Å²) in [5, 5.41) is 0. The Morgan fingerprint density at radius 2 is 0.417 bits per heavy atom. The van der Waals surface area contributed by atoms with Crippen LogP contribution in [0.3, 0.4) is 0 Å². The molecule has 0 spiro atoms. The van der Waals surface area contributed by atoms with Gasteiger partial charge in [0.05, 0.1) is 0 Å².